The van der Waals surface area contributed by atoms with Crippen molar-refractivity contribution in [2.45, 2.75) is 64.2 Å². The summed E-state index contributed by atoms with van der Waals surface area (Å²) in [7, 11) is 0. The summed E-state index contributed by atoms with van der Waals surface area (Å²) in [6.45, 7) is -0.0503. The molecular formula is C36H38F4N2O6Ti. The van der Waals surface area contributed by atoms with E-state index in [1.165, 1.54) is 12.1 Å². The fourth-order valence-corrected chi connectivity index (χ4v) is 14.7. The molecule has 0 atom stereocenters. The average Bonchev–Trinajstić information content (AvgIpc) is 3.78. The van der Waals surface area contributed by atoms with Crippen molar-refractivity contribution in [3.8, 4) is 0 Å². The average molecular weight is 719 g/mol. The Morgan fingerprint density at radius 3 is 1.39 bits per heavy atom. The van der Waals surface area contributed by atoms with Crippen molar-refractivity contribution in [2.24, 2.45) is 0 Å². The molecule has 0 bridgehead atoms. The van der Waals surface area contributed by atoms with Crippen LogP contribution in [0.2, 0.25) is 0 Å². The van der Waals surface area contributed by atoms with Crippen molar-refractivity contribution in [3.63, 3.8) is 0 Å². The van der Waals surface area contributed by atoms with Crippen LogP contribution in [-0.4, -0.2) is 47.1 Å². The second kappa shape index (κ2) is 17.4. The molecule has 0 aromatic heterocycles. The van der Waals surface area contributed by atoms with Crippen molar-refractivity contribution in [1.29, 1.82) is 0 Å². The monoisotopic (exact) mass is 718 g/mol. The summed E-state index contributed by atoms with van der Waals surface area (Å²) in [5.41, 5.74) is 0.107. The number of carboxylic acids is 2. The van der Waals surface area contributed by atoms with Gasteiger partial charge in [-0.2, -0.15) is 0 Å². The van der Waals surface area contributed by atoms with Gasteiger partial charge >= 0.3 is 286 Å². The van der Waals surface area contributed by atoms with E-state index in [0.717, 1.165) is 12.1 Å². The van der Waals surface area contributed by atoms with E-state index in [4.69, 9.17) is 10.2 Å². The van der Waals surface area contributed by atoms with Gasteiger partial charge < -0.3 is 0 Å². The third-order valence-corrected chi connectivity index (χ3v) is 16.6. The van der Waals surface area contributed by atoms with E-state index in [1.54, 1.807) is 36.5 Å². The van der Waals surface area contributed by atoms with Gasteiger partial charge in [0.25, 0.3) is 0 Å². The molecule has 49 heavy (non-hydrogen) atoms. The number of rotatable bonds is 18. The molecule has 0 saturated carbocycles. The number of nitrogens with one attached hydrogen (secondary N) is 2. The number of carbonyl (C=O) groups is 4. The molecule has 0 fully saturated rings. The first kappa shape index (κ1) is 37.5. The van der Waals surface area contributed by atoms with Crippen LogP contribution in [0.1, 0.15) is 62.5 Å². The van der Waals surface area contributed by atoms with Crippen LogP contribution >= 0.6 is 0 Å². The van der Waals surface area contributed by atoms with Gasteiger partial charge in [-0.1, -0.05) is 0 Å². The number of aliphatic carboxylic acids is 2. The van der Waals surface area contributed by atoms with Crippen LogP contribution in [0.3, 0.4) is 0 Å². The summed E-state index contributed by atoms with van der Waals surface area (Å²) in [6.07, 6.45) is 10.6. The van der Waals surface area contributed by atoms with Gasteiger partial charge in [0, 0.05) is 0 Å². The molecule has 0 aliphatic heterocycles. The molecule has 2 aromatic rings. The molecule has 0 unspecified atom stereocenters. The first-order valence-corrected chi connectivity index (χ1v) is 19.2. The van der Waals surface area contributed by atoms with E-state index < -0.39 is 63.6 Å². The maximum absolute atomic E-state index is 16.8. The number of allylic oxidation sites excluding steroid dienone is 8. The number of benzene rings is 2. The van der Waals surface area contributed by atoms with Gasteiger partial charge in [0.2, 0.25) is 0 Å². The molecule has 4 N–H and O–H groups in total. The summed E-state index contributed by atoms with van der Waals surface area (Å²) in [5, 5.41) is 22.8. The van der Waals surface area contributed by atoms with E-state index in [2.05, 4.69) is 10.6 Å². The van der Waals surface area contributed by atoms with E-state index in [9.17, 15) is 19.2 Å². The molecular weight excluding hydrogens is 680 g/mol. The van der Waals surface area contributed by atoms with E-state index in [0.29, 0.717) is 7.76 Å². The molecule has 0 spiro atoms. The van der Waals surface area contributed by atoms with Crippen LogP contribution in [0.5, 0.6) is 0 Å². The van der Waals surface area contributed by atoms with Crippen molar-refractivity contribution in [1.82, 2.24) is 10.6 Å². The summed E-state index contributed by atoms with van der Waals surface area (Å²) in [6, 6.07) is 4.69. The molecule has 8 nitrogen and oxygen atoms in total. The Bertz CT molecular complexity index is 1610. The zero-order valence-corrected chi connectivity index (χ0v) is 28.4. The van der Waals surface area contributed by atoms with E-state index in [1.807, 2.05) is 0 Å². The van der Waals surface area contributed by atoms with Gasteiger partial charge in [0.1, 0.15) is 0 Å². The topological polar surface area (TPSA) is 133 Å². The summed E-state index contributed by atoms with van der Waals surface area (Å²) in [4.78, 5) is 45.9. The second-order valence-electron chi connectivity index (χ2n) is 11.9. The van der Waals surface area contributed by atoms with Crippen LogP contribution in [0.15, 0.2) is 68.5 Å². The van der Waals surface area contributed by atoms with Crippen molar-refractivity contribution in [3.05, 3.63) is 103 Å². The molecule has 0 radical (unpaired) electrons. The van der Waals surface area contributed by atoms with Crippen molar-refractivity contribution in [2.75, 3.05) is 13.1 Å². The van der Waals surface area contributed by atoms with E-state index in [-0.39, 0.29) is 96.2 Å². The summed E-state index contributed by atoms with van der Waals surface area (Å²) >= 11 is -5.08. The summed E-state index contributed by atoms with van der Waals surface area (Å²) in [5.74, 6) is -6.63. The predicted octanol–water partition coefficient (Wildman–Crippen LogP) is 4.86. The van der Waals surface area contributed by atoms with Gasteiger partial charge in [0.15, 0.2) is 0 Å². The summed E-state index contributed by atoms with van der Waals surface area (Å²) < 4.78 is 66.5. The third-order valence-electron chi connectivity index (χ3n) is 8.62. The molecule has 0 saturated heterocycles. The van der Waals surface area contributed by atoms with Crippen LogP contribution < -0.4 is 18.4 Å². The first-order chi connectivity index (χ1) is 23.5. The van der Waals surface area contributed by atoms with Crippen LogP contribution in [0.4, 0.5) is 17.6 Å². The van der Waals surface area contributed by atoms with Crippen molar-refractivity contribution >= 4 is 31.5 Å². The molecule has 2 aliphatic rings. The Morgan fingerprint density at radius 2 is 1.04 bits per heavy atom. The molecule has 260 valence electrons. The molecule has 2 aliphatic carbocycles. The standard InChI is InChI=1S/2C13H14F2NO3.2C5H5.Ti/c2*14-10-5-4-9(11(15)8-10)6-7-16-12(17)2-1-3-13(18)19;2*1-2-4-5-3-1;/h2*4-5H,1-3,6-7H2,(H,16,17)(H,18,19);2*1-3H,4H2;. The minimum absolute atomic E-state index is 0.0252. The number of amides is 2. The van der Waals surface area contributed by atoms with Gasteiger partial charge in [-0.05, 0) is 0 Å². The number of carbonyl (C=O) groups excluding carboxylic acids is 2. The molecule has 2 aromatic carbocycles. The Morgan fingerprint density at radius 1 is 0.633 bits per heavy atom. The number of hydrogen-bond donors (Lipinski definition) is 4. The zero-order chi connectivity index (χ0) is 35.6. The second-order valence-corrected chi connectivity index (χ2v) is 17.8. The Hall–Kier alpha value is -4.29. The normalized spacial score (nSPS) is 13.7. The van der Waals surface area contributed by atoms with Gasteiger partial charge in [0.05, 0.1) is 0 Å². The fourth-order valence-electron chi connectivity index (χ4n) is 6.34. The number of hydrogen-bond acceptors (Lipinski definition) is 4. The van der Waals surface area contributed by atoms with Gasteiger partial charge in [-0.3, -0.25) is 0 Å². The number of halogens is 4. The fraction of sp³-hybridized carbons (Fsp3) is 0.333. The Kier molecular flexibility index (Phi) is 13.3. The third kappa shape index (κ3) is 9.04. The van der Waals surface area contributed by atoms with Gasteiger partial charge in [-0.15, -0.1) is 0 Å². The first-order valence-electron chi connectivity index (χ1n) is 16.1. The quantitative estimate of drug-likeness (QED) is 0.129. The van der Waals surface area contributed by atoms with Crippen LogP contribution in [0.25, 0.3) is 0 Å². The molecule has 0 heterocycles. The SMILES string of the molecule is O=C(O)CCCC(=O)NCCc1ccc(F)[c]([Ti]([C]2=CC=CC2)([C]2=CC=CC2)[c]2c(F)ccc(CCNC(=O)CCCC(=O)O)c2F)c1F. The zero-order valence-electron chi connectivity index (χ0n) is 26.8. The predicted molar refractivity (Wildman–Crippen MR) is 172 cm³/mol. The van der Waals surface area contributed by atoms with E-state index >= 15 is 17.6 Å². The Labute approximate surface area is 285 Å². The molecule has 13 heteroatoms. The minimum atomic E-state index is -5.08. The number of carboxylic acid groups (broad SMARTS) is 2. The maximum atomic E-state index is 16.8. The van der Waals surface area contributed by atoms with Gasteiger partial charge in [-0.25, -0.2) is 0 Å². The van der Waals surface area contributed by atoms with Crippen LogP contribution in [-0.2, 0) is 48.6 Å². The molecule has 2 amide bonds. The van der Waals surface area contributed by atoms with Crippen molar-refractivity contribution < 1.29 is 63.5 Å². The van der Waals surface area contributed by atoms with Crippen LogP contribution in [0, 0.1) is 23.3 Å². The molecule has 4 rings (SSSR count). The Balaban J connectivity index is 1.73.